The van der Waals surface area contributed by atoms with Crippen molar-refractivity contribution in [3.8, 4) is 6.07 Å². The number of benzene rings is 1. The van der Waals surface area contributed by atoms with Crippen LogP contribution < -0.4 is 5.32 Å². The average molecular weight is 346 g/mol. The number of hydrogen-bond donors (Lipinski definition) is 1. The molecule has 0 spiro atoms. The van der Waals surface area contributed by atoms with Gasteiger partial charge in [-0.25, -0.2) is 8.42 Å². The standard InChI is InChI=1S/C15H17F3N2O2S/c1-23(21,22)12-5-3-11(4-6-12)20-14-8-10(9-19)2-7-13(14)15(16,17)18/h2,7-8,11-12,20H,3-6H2,1H3. The third kappa shape index (κ3) is 4.38. The average Bonchev–Trinajstić information content (AvgIpc) is 2.45. The Morgan fingerprint density at radius 2 is 1.83 bits per heavy atom. The van der Waals surface area contributed by atoms with E-state index in [2.05, 4.69) is 5.32 Å². The summed E-state index contributed by atoms with van der Waals surface area (Å²) in [5, 5.41) is 11.3. The molecule has 4 nitrogen and oxygen atoms in total. The van der Waals surface area contributed by atoms with Gasteiger partial charge in [-0.05, 0) is 43.9 Å². The highest BCUT2D eigenvalue weighted by Gasteiger charge is 2.35. The minimum atomic E-state index is -4.51. The van der Waals surface area contributed by atoms with Crippen LogP contribution in [0.15, 0.2) is 18.2 Å². The van der Waals surface area contributed by atoms with Gasteiger partial charge in [-0.2, -0.15) is 18.4 Å². The highest BCUT2D eigenvalue weighted by atomic mass is 32.2. The number of rotatable bonds is 3. The molecule has 0 bridgehead atoms. The van der Waals surface area contributed by atoms with Crippen LogP contribution in [0.25, 0.3) is 0 Å². The van der Waals surface area contributed by atoms with E-state index in [4.69, 9.17) is 5.26 Å². The van der Waals surface area contributed by atoms with Gasteiger partial charge in [0.2, 0.25) is 0 Å². The van der Waals surface area contributed by atoms with E-state index in [-0.39, 0.29) is 17.3 Å². The number of hydrogen-bond acceptors (Lipinski definition) is 4. The van der Waals surface area contributed by atoms with Crippen molar-refractivity contribution in [1.29, 1.82) is 5.26 Å². The lowest BCUT2D eigenvalue weighted by atomic mass is 9.94. The zero-order valence-electron chi connectivity index (χ0n) is 12.5. The molecule has 0 unspecified atom stereocenters. The Labute approximate surface area is 133 Å². The van der Waals surface area contributed by atoms with Crippen molar-refractivity contribution < 1.29 is 21.6 Å². The molecule has 1 saturated carbocycles. The minimum absolute atomic E-state index is 0.126. The maximum absolute atomic E-state index is 13.1. The fourth-order valence-corrected chi connectivity index (χ4v) is 3.96. The molecule has 0 radical (unpaired) electrons. The molecule has 1 fully saturated rings. The zero-order valence-corrected chi connectivity index (χ0v) is 13.3. The van der Waals surface area contributed by atoms with E-state index in [1.54, 1.807) is 0 Å². The lowest BCUT2D eigenvalue weighted by Crippen LogP contribution is -2.32. The lowest BCUT2D eigenvalue weighted by Gasteiger charge is -2.29. The molecule has 23 heavy (non-hydrogen) atoms. The van der Waals surface area contributed by atoms with Crippen LogP contribution in [0.2, 0.25) is 0 Å². The summed E-state index contributed by atoms with van der Waals surface area (Å²) in [5.41, 5.74) is -0.800. The van der Waals surface area contributed by atoms with Crippen molar-refractivity contribution in [2.45, 2.75) is 43.2 Å². The summed E-state index contributed by atoms with van der Waals surface area (Å²) in [6, 6.07) is 4.80. The minimum Gasteiger partial charge on any atom is -0.382 e. The smallest absolute Gasteiger partial charge is 0.382 e. The number of nitrogens with one attached hydrogen (secondary N) is 1. The van der Waals surface area contributed by atoms with Crippen LogP contribution in [0.5, 0.6) is 0 Å². The largest absolute Gasteiger partial charge is 0.418 e. The predicted molar refractivity (Wildman–Crippen MR) is 80.7 cm³/mol. The topological polar surface area (TPSA) is 70.0 Å². The van der Waals surface area contributed by atoms with Gasteiger partial charge in [0.15, 0.2) is 0 Å². The van der Waals surface area contributed by atoms with Crippen LogP contribution in [0, 0.1) is 11.3 Å². The van der Waals surface area contributed by atoms with Gasteiger partial charge in [0.1, 0.15) is 9.84 Å². The third-order valence-corrected chi connectivity index (χ3v) is 5.78. The first-order chi connectivity index (χ1) is 10.6. The zero-order chi connectivity index (χ0) is 17.3. The molecule has 1 aliphatic carbocycles. The van der Waals surface area contributed by atoms with Crippen LogP contribution in [0.4, 0.5) is 18.9 Å². The van der Waals surface area contributed by atoms with Crippen molar-refractivity contribution in [3.05, 3.63) is 29.3 Å². The van der Waals surface area contributed by atoms with Gasteiger partial charge in [-0.15, -0.1) is 0 Å². The first-order valence-corrected chi connectivity index (χ1v) is 9.13. The SMILES string of the molecule is CS(=O)(=O)C1CCC(Nc2cc(C#N)ccc2C(F)(F)F)CC1. The summed E-state index contributed by atoms with van der Waals surface area (Å²) < 4.78 is 62.2. The second-order valence-electron chi connectivity index (χ2n) is 5.82. The van der Waals surface area contributed by atoms with Gasteiger partial charge in [0.25, 0.3) is 0 Å². The fraction of sp³-hybridized carbons (Fsp3) is 0.533. The predicted octanol–water partition coefficient (Wildman–Crippen LogP) is 3.34. The highest BCUT2D eigenvalue weighted by molar-refractivity contribution is 7.91. The van der Waals surface area contributed by atoms with Gasteiger partial charge in [0.05, 0.1) is 22.4 Å². The summed E-state index contributed by atoms with van der Waals surface area (Å²) in [6.07, 6.45) is -1.52. The number of sulfone groups is 1. The first kappa shape index (κ1) is 17.6. The second kappa shape index (κ2) is 6.40. The van der Waals surface area contributed by atoms with Gasteiger partial charge in [0, 0.05) is 18.0 Å². The number of halogens is 3. The summed E-state index contributed by atoms with van der Waals surface area (Å²) in [5.74, 6) is 0. The Morgan fingerprint density at radius 1 is 1.22 bits per heavy atom. The van der Waals surface area contributed by atoms with Crippen molar-refractivity contribution >= 4 is 15.5 Å². The Morgan fingerprint density at radius 3 is 2.30 bits per heavy atom. The molecule has 0 heterocycles. The van der Waals surface area contributed by atoms with E-state index in [1.165, 1.54) is 12.3 Å². The molecule has 0 amide bonds. The van der Waals surface area contributed by atoms with E-state index in [1.807, 2.05) is 6.07 Å². The Balaban J connectivity index is 2.16. The van der Waals surface area contributed by atoms with Crippen LogP contribution >= 0.6 is 0 Å². The third-order valence-electron chi connectivity index (χ3n) is 4.09. The maximum atomic E-state index is 13.1. The molecule has 1 aliphatic rings. The molecular weight excluding hydrogens is 329 g/mol. The number of nitriles is 1. The Bertz CT molecular complexity index is 715. The first-order valence-electron chi connectivity index (χ1n) is 7.18. The van der Waals surface area contributed by atoms with E-state index < -0.39 is 26.8 Å². The van der Waals surface area contributed by atoms with Crippen molar-refractivity contribution in [2.24, 2.45) is 0 Å². The molecule has 0 atom stereocenters. The number of alkyl halides is 3. The number of nitrogens with zero attached hydrogens (tertiary/aromatic N) is 1. The lowest BCUT2D eigenvalue weighted by molar-refractivity contribution is -0.137. The van der Waals surface area contributed by atoms with Crippen molar-refractivity contribution in [3.63, 3.8) is 0 Å². The molecule has 126 valence electrons. The van der Waals surface area contributed by atoms with E-state index in [9.17, 15) is 21.6 Å². The van der Waals surface area contributed by atoms with Gasteiger partial charge < -0.3 is 5.32 Å². The molecule has 2 rings (SSSR count). The fourth-order valence-electron chi connectivity index (χ4n) is 2.84. The van der Waals surface area contributed by atoms with Gasteiger partial charge in [-0.3, -0.25) is 0 Å². The van der Waals surface area contributed by atoms with E-state index >= 15 is 0 Å². The molecule has 1 aromatic rings. The maximum Gasteiger partial charge on any atom is 0.418 e. The molecule has 0 aliphatic heterocycles. The molecule has 8 heteroatoms. The van der Waals surface area contributed by atoms with Crippen LogP contribution in [-0.2, 0) is 16.0 Å². The molecule has 0 saturated heterocycles. The van der Waals surface area contributed by atoms with Crippen molar-refractivity contribution in [1.82, 2.24) is 0 Å². The second-order valence-corrected chi connectivity index (χ2v) is 8.14. The summed E-state index contributed by atoms with van der Waals surface area (Å²) in [7, 11) is -3.12. The van der Waals surface area contributed by atoms with E-state index in [0.29, 0.717) is 25.7 Å². The summed E-state index contributed by atoms with van der Waals surface area (Å²) >= 11 is 0. The number of anilines is 1. The van der Waals surface area contributed by atoms with Crippen molar-refractivity contribution in [2.75, 3.05) is 11.6 Å². The molecule has 0 aromatic heterocycles. The molecule has 1 N–H and O–H groups in total. The van der Waals surface area contributed by atoms with Crippen LogP contribution in [-0.4, -0.2) is 26.0 Å². The highest BCUT2D eigenvalue weighted by Crippen LogP contribution is 2.36. The normalized spacial score (nSPS) is 22.4. The van der Waals surface area contributed by atoms with E-state index in [0.717, 1.165) is 12.1 Å². The Kier molecular flexibility index (Phi) is 4.90. The van der Waals surface area contributed by atoms with Crippen LogP contribution in [0.3, 0.4) is 0 Å². The van der Waals surface area contributed by atoms with Gasteiger partial charge in [-0.1, -0.05) is 0 Å². The molecular formula is C15H17F3N2O2S. The van der Waals surface area contributed by atoms with Crippen LogP contribution in [0.1, 0.15) is 36.8 Å². The monoisotopic (exact) mass is 346 g/mol. The summed E-state index contributed by atoms with van der Waals surface area (Å²) in [6.45, 7) is 0. The Hall–Kier alpha value is -1.75. The summed E-state index contributed by atoms with van der Waals surface area (Å²) in [4.78, 5) is 0. The molecule has 1 aromatic carbocycles. The van der Waals surface area contributed by atoms with Gasteiger partial charge >= 0.3 is 6.18 Å². The quantitative estimate of drug-likeness (QED) is 0.911.